The highest BCUT2D eigenvalue weighted by molar-refractivity contribution is 5.93. The smallest absolute Gasteiger partial charge is 0.416 e. The van der Waals surface area contributed by atoms with Crippen LogP contribution in [-0.4, -0.2) is 12.5 Å². The summed E-state index contributed by atoms with van der Waals surface area (Å²) in [5.41, 5.74) is 6.01. The molecule has 2 aromatic carbocycles. The average molecular weight is 389 g/mol. The predicted molar refractivity (Wildman–Crippen MR) is 97.7 cm³/mol. The third kappa shape index (κ3) is 6.15. The molecule has 4 nitrogen and oxygen atoms in total. The van der Waals surface area contributed by atoms with Crippen LogP contribution in [0.3, 0.4) is 0 Å². The molecule has 0 fully saturated rings. The average Bonchev–Trinajstić information content (AvgIpc) is 2.55. The van der Waals surface area contributed by atoms with E-state index in [0.717, 1.165) is 12.1 Å². The summed E-state index contributed by atoms with van der Waals surface area (Å²) in [5, 5.41) is 2.50. The molecule has 0 radical (unpaired) electrons. The SMILES string of the molecule is CCCOc1ccc(C(F)(F)F)cc1NC(=O)Cc1ccc(N)cc1.Cl. The number of amides is 1. The van der Waals surface area contributed by atoms with E-state index in [1.54, 1.807) is 24.3 Å². The first kappa shape index (κ1) is 21.6. The van der Waals surface area contributed by atoms with Gasteiger partial charge >= 0.3 is 6.18 Å². The van der Waals surface area contributed by atoms with Crippen molar-refractivity contribution in [2.45, 2.75) is 25.9 Å². The molecule has 26 heavy (non-hydrogen) atoms. The Morgan fingerprint density at radius 2 is 1.81 bits per heavy atom. The zero-order chi connectivity index (χ0) is 18.4. The third-order valence-corrected chi connectivity index (χ3v) is 3.39. The Bertz CT molecular complexity index is 734. The standard InChI is InChI=1S/C18H19F3N2O2.ClH/c1-2-9-25-16-8-5-13(18(19,20)21)11-15(16)23-17(24)10-12-3-6-14(22)7-4-12;/h3-8,11H,2,9-10,22H2,1H3,(H,23,24);1H. The topological polar surface area (TPSA) is 64.3 Å². The first-order valence-electron chi connectivity index (χ1n) is 7.78. The Labute approximate surface area is 155 Å². The first-order valence-corrected chi connectivity index (χ1v) is 7.78. The van der Waals surface area contributed by atoms with Gasteiger partial charge in [-0.1, -0.05) is 19.1 Å². The van der Waals surface area contributed by atoms with Gasteiger partial charge in [-0.15, -0.1) is 12.4 Å². The maximum absolute atomic E-state index is 12.9. The molecule has 0 aliphatic rings. The summed E-state index contributed by atoms with van der Waals surface area (Å²) in [6.45, 7) is 2.22. The molecule has 1 amide bonds. The summed E-state index contributed by atoms with van der Waals surface area (Å²) >= 11 is 0. The molecule has 2 aromatic rings. The number of nitrogen functional groups attached to an aromatic ring is 1. The van der Waals surface area contributed by atoms with Crippen LogP contribution in [0.25, 0.3) is 0 Å². The van der Waals surface area contributed by atoms with E-state index >= 15 is 0 Å². The number of carbonyl (C=O) groups excluding carboxylic acids is 1. The summed E-state index contributed by atoms with van der Waals surface area (Å²) in [7, 11) is 0. The van der Waals surface area contributed by atoms with Gasteiger partial charge in [-0.05, 0) is 42.3 Å². The summed E-state index contributed by atoms with van der Waals surface area (Å²) in [4.78, 5) is 12.2. The second-order valence-electron chi connectivity index (χ2n) is 5.52. The van der Waals surface area contributed by atoms with E-state index in [1.165, 1.54) is 6.07 Å². The zero-order valence-electron chi connectivity index (χ0n) is 14.1. The van der Waals surface area contributed by atoms with Gasteiger partial charge in [0.15, 0.2) is 0 Å². The fourth-order valence-electron chi connectivity index (χ4n) is 2.16. The number of nitrogens with two attached hydrogens (primary N) is 1. The van der Waals surface area contributed by atoms with Crippen LogP contribution in [-0.2, 0) is 17.4 Å². The number of hydrogen-bond donors (Lipinski definition) is 2. The molecule has 0 atom stereocenters. The molecule has 0 bridgehead atoms. The number of rotatable bonds is 6. The molecule has 3 N–H and O–H groups in total. The van der Waals surface area contributed by atoms with Crippen molar-refractivity contribution in [3.63, 3.8) is 0 Å². The van der Waals surface area contributed by atoms with Crippen molar-refractivity contribution in [3.05, 3.63) is 53.6 Å². The van der Waals surface area contributed by atoms with Crippen molar-refractivity contribution in [1.29, 1.82) is 0 Å². The van der Waals surface area contributed by atoms with Gasteiger partial charge in [0.1, 0.15) is 5.75 Å². The molecule has 8 heteroatoms. The molecule has 0 aromatic heterocycles. The van der Waals surface area contributed by atoms with E-state index in [2.05, 4.69) is 5.32 Å². The Morgan fingerprint density at radius 3 is 2.38 bits per heavy atom. The number of carbonyl (C=O) groups is 1. The minimum absolute atomic E-state index is 0. The molecule has 0 spiro atoms. The minimum atomic E-state index is -4.50. The van der Waals surface area contributed by atoms with Crippen molar-refractivity contribution in [2.24, 2.45) is 0 Å². The fraction of sp³-hybridized carbons (Fsp3) is 0.278. The monoisotopic (exact) mass is 388 g/mol. The number of alkyl halides is 3. The second-order valence-corrected chi connectivity index (χ2v) is 5.52. The van der Waals surface area contributed by atoms with Gasteiger partial charge in [-0.2, -0.15) is 13.2 Å². The Hall–Kier alpha value is -2.41. The van der Waals surface area contributed by atoms with E-state index in [4.69, 9.17) is 10.5 Å². The van der Waals surface area contributed by atoms with Crippen molar-refractivity contribution >= 4 is 29.7 Å². The molecular formula is C18H20ClF3N2O2. The molecule has 0 saturated heterocycles. The van der Waals surface area contributed by atoms with Gasteiger partial charge in [0.05, 0.1) is 24.3 Å². The van der Waals surface area contributed by atoms with Crippen molar-refractivity contribution in [2.75, 3.05) is 17.7 Å². The van der Waals surface area contributed by atoms with Crippen LogP contribution in [0.15, 0.2) is 42.5 Å². The number of benzene rings is 2. The van der Waals surface area contributed by atoms with Crippen LogP contribution in [0.5, 0.6) is 5.75 Å². The van der Waals surface area contributed by atoms with Crippen LogP contribution in [0, 0.1) is 0 Å². The van der Waals surface area contributed by atoms with Gasteiger partial charge in [0, 0.05) is 5.69 Å². The van der Waals surface area contributed by atoms with E-state index < -0.39 is 17.6 Å². The minimum Gasteiger partial charge on any atom is -0.491 e. The van der Waals surface area contributed by atoms with Crippen LogP contribution in [0.1, 0.15) is 24.5 Å². The molecule has 0 heterocycles. The van der Waals surface area contributed by atoms with Crippen LogP contribution in [0.4, 0.5) is 24.5 Å². The van der Waals surface area contributed by atoms with E-state index in [9.17, 15) is 18.0 Å². The maximum Gasteiger partial charge on any atom is 0.416 e. The molecule has 0 aliphatic heterocycles. The van der Waals surface area contributed by atoms with Crippen molar-refractivity contribution < 1.29 is 22.7 Å². The molecule has 142 valence electrons. The number of anilines is 2. The first-order chi connectivity index (χ1) is 11.8. The van der Waals surface area contributed by atoms with E-state index in [1.807, 2.05) is 6.92 Å². The second kappa shape index (κ2) is 9.33. The van der Waals surface area contributed by atoms with Crippen molar-refractivity contribution in [3.8, 4) is 5.75 Å². The largest absolute Gasteiger partial charge is 0.491 e. The van der Waals surface area contributed by atoms with Crippen LogP contribution < -0.4 is 15.8 Å². The van der Waals surface area contributed by atoms with Gasteiger partial charge < -0.3 is 15.8 Å². The summed E-state index contributed by atoms with van der Waals surface area (Å²) in [6.07, 6.45) is -3.79. The molecule has 2 rings (SSSR count). The van der Waals surface area contributed by atoms with Gasteiger partial charge in [0.2, 0.25) is 5.91 Å². The lowest BCUT2D eigenvalue weighted by molar-refractivity contribution is -0.137. The molecular weight excluding hydrogens is 369 g/mol. The zero-order valence-corrected chi connectivity index (χ0v) is 14.9. The van der Waals surface area contributed by atoms with Gasteiger partial charge in [-0.3, -0.25) is 4.79 Å². The number of hydrogen-bond acceptors (Lipinski definition) is 3. The van der Waals surface area contributed by atoms with Crippen LogP contribution >= 0.6 is 12.4 Å². The van der Waals surface area contributed by atoms with E-state index in [-0.39, 0.29) is 30.3 Å². The lowest BCUT2D eigenvalue weighted by Gasteiger charge is -2.15. The van der Waals surface area contributed by atoms with E-state index in [0.29, 0.717) is 24.3 Å². The lowest BCUT2D eigenvalue weighted by atomic mass is 10.1. The maximum atomic E-state index is 12.9. The Balaban J connectivity index is 0.00000338. The van der Waals surface area contributed by atoms with Crippen molar-refractivity contribution in [1.82, 2.24) is 0 Å². The fourth-order valence-corrected chi connectivity index (χ4v) is 2.16. The molecule has 0 unspecified atom stereocenters. The molecule has 0 aliphatic carbocycles. The van der Waals surface area contributed by atoms with Gasteiger partial charge in [-0.25, -0.2) is 0 Å². The summed E-state index contributed by atoms with van der Waals surface area (Å²) in [6, 6.07) is 9.72. The summed E-state index contributed by atoms with van der Waals surface area (Å²) < 4.78 is 44.1. The lowest BCUT2D eigenvalue weighted by Crippen LogP contribution is -2.16. The van der Waals surface area contributed by atoms with Gasteiger partial charge in [0.25, 0.3) is 0 Å². The summed E-state index contributed by atoms with van der Waals surface area (Å²) in [5.74, 6) is -0.231. The number of ether oxygens (including phenoxy) is 1. The number of nitrogens with one attached hydrogen (secondary N) is 1. The highest BCUT2D eigenvalue weighted by atomic mass is 35.5. The predicted octanol–water partition coefficient (Wildman–Crippen LogP) is 4.68. The van der Waals surface area contributed by atoms with Crippen LogP contribution in [0.2, 0.25) is 0 Å². The Kier molecular flexibility index (Phi) is 7.76. The molecule has 0 saturated carbocycles. The highest BCUT2D eigenvalue weighted by Gasteiger charge is 2.31. The highest BCUT2D eigenvalue weighted by Crippen LogP contribution is 2.35. The normalized spacial score (nSPS) is 10.8. The quantitative estimate of drug-likeness (QED) is 0.706. The number of halogens is 4. The third-order valence-electron chi connectivity index (χ3n) is 3.39. The Morgan fingerprint density at radius 1 is 1.15 bits per heavy atom.